The fraction of sp³-hybridized carbons (Fsp3) is 0.133. The van der Waals surface area contributed by atoms with E-state index in [1.165, 1.54) is 0 Å². The first-order chi connectivity index (χ1) is 9.47. The van der Waals surface area contributed by atoms with Crippen LogP contribution in [0.15, 0.2) is 42.5 Å². The summed E-state index contributed by atoms with van der Waals surface area (Å²) in [6, 6.07) is 12.6. The highest BCUT2D eigenvalue weighted by molar-refractivity contribution is 6.31. The topological polar surface area (TPSA) is 72.3 Å². The van der Waals surface area contributed by atoms with E-state index in [0.717, 1.165) is 5.56 Å². The van der Waals surface area contributed by atoms with Crippen LogP contribution in [0.5, 0.6) is 0 Å². The summed E-state index contributed by atoms with van der Waals surface area (Å²) < 4.78 is 0. The maximum atomic E-state index is 11.5. The lowest BCUT2D eigenvalue weighted by Crippen LogP contribution is -2.22. The first-order valence-electron chi connectivity index (χ1n) is 6.12. The minimum Gasteiger partial charge on any atom is -0.399 e. The van der Waals surface area contributed by atoms with Crippen molar-refractivity contribution in [2.75, 3.05) is 17.7 Å². The fourth-order valence-electron chi connectivity index (χ4n) is 2.08. The average Bonchev–Trinajstić information content (AvgIpc) is 2.38. The second kappa shape index (κ2) is 5.84. The first-order valence-corrected chi connectivity index (χ1v) is 6.50. The van der Waals surface area contributed by atoms with Crippen molar-refractivity contribution in [1.82, 2.24) is 0 Å². The van der Waals surface area contributed by atoms with Crippen molar-refractivity contribution in [1.29, 1.82) is 0 Å². The van der Waals surface area contributed by atoms with Gasteiger partial charge in [0.05, 0.1) is 11.3 Å². The van der Waals surface area contributed by atoms with Crippen LogP contribution in [0.25, 0.3) is 0 Å². The molecule has 4 nitrogen and oxygen atoms in total. The Kier molecular flexibility index (Phi) is 4.15. The molecule has 0 heterocycles. The summed E-state index contributed by atoms with van der Waals surface area (Å²) in [7, 11) is 1.88. The monoisotopic (exact) mass is 289 g/mol. The van der Waals surface area contributed by atoms with Crippen molar-refractivity contribution in [3.05, 3.63) is 58.6 Å². The lowest BCUT2D eigenvalue weighted by molar-refractivity contribution is 0.100. The zero-order valence-corrected chi connectivity index (χ0v) is 11.9. The van der Waals surface area contributed by atoms with E-state index in [0.29, 0.717) is 28.5 Å². The number of benzene rings is 2. The Labute approximate surface area is 122 Å². The Morgan fingerprint density at radius 2 is 2.00 bits per heavy atom. The molecule has 104 valence electrons. The van der Waals surface area contributed by atoms with Gasteiger partial charge in [-0.3, -0.25) is 4.79 Å². The van der Waals surface area contributed by atoms with Crippen LogP contribution in [0.3, 0.4) is 0 Å². The average molecular weight is 290 g/mol. The van der Waals surface area contributed by atoms with E-state index in [9.17, 15) is 4.79 Å². The van der Waals surface area contributed by atoms with E-state index < -0.39 is 5.91 Å². The molecule has 0 bridgehead atoms. The number of anilines is 2. The summed E-state index contributed by atoms with van der Waals surface area (Å²) in [5, 5.41) is 0.560. The van der Waals surface area contributed by atoms with Crippen molar-refractivity contribution in [2.24, 2.45) is 5.73 Å². The molecule has 0 aliphatic rings. The van der Waals surface area contributed by atoms with Crippen molar-refractivity contribution >= 4 is 28.9 Å². The van der Waals surface area contributed by atoms with Crippen LogP contribution in [0.1, 0.15) is 15.9 Å². The number of hydrogen-bond donors (Lipinski definition) is 2. The van der Waals surface area contributed by atoms with E-state index in [4.69, 9.17) is 23.1 Å². The van der Waals surface area contributed by atoms with Crippen molar-refractivity contribution in [2.45, 2.75) is 6.54 Å². The highest BCUT2D eigenvalue weighted by Gasteiger charge is 2.13. The Hall–Kier alpha value is -2.20. The molecular weight excluding hydrogens is 274 g/mol. The van der Waals surface area contributed by atoms with E-state index in [-0.39, 0.29) is 0 Å². The third-order valence-corrected chi connectivity index (χ3v) is 3.24. The van der Waals surface area contributed by atoms with Crippen LogP contribution >= 0.6 is 11.6 Å². The lowest BCUT2D eigenvalue weighted by atomic mass is 10.1. The van der Waals surface area contributed by atoms with Gasteiger partial charge in [0.25, 0.3) is 5.91 Å². The molecule has 0 unspecified atom stereocenters. The molecule has 0 aliphatic heterocycles. The lowest BCUT2D eigenvalue weighted by Gasteiger charge is -2.22. The zero-order chi connectivity index (χ0) is 14.7. The van der Waals surface area contributed by atoms with Crippen LogP contribution in [0, 0.1) is 0 Å². The number of nitrogens with two attached hydrogens (primary N) is 2. The summed E-state index contributed by atoms with van der Waals surface area (Å²) in [6.45, 7) is 0.603. The molecule has 2 rings (SSSR count). The predicted molar refractivity (Wildman–Crippen MR) is 82.9 cm³/mol. The minimum absolute atomic E-state index is 0.445. The fourth-order valence-corrected chi connectivity index (χ4v) is 2.25. The van der Waals surface area contributed by atoms with E-state index in [1.807, 2.05) is 36.2 Å². The highest BCUT2D eigenvalue weighted by Crippen LogP contribution is 2.25. The number of rotatable bonds is 4. The van der Waals surface area contributed by atoms with Crippen molar-refractivity contribution in [3.8, 4) is 0 Å². The second-order valence-electron chi connectivity index (χ2n) is 4.63. The molecule has 0 saturated carbocycles. The summed E-state index contributed by atoms with van der Waals surface area (Å²) in [6.07, 6.45) is 0. The molecule has 0 aromatic heterocycles. The summed E-state index contributed by atoms with van der Waals surface area (Å²) in [5.74, 6) is -0.476. The molecule has 0 radical (unpaired) electrons. The Balaban J connectivity index is 2.31. The Morgan fingerprint density at radius 3 is 2.65 bits per heavy atom. The summed E-state index contributed by atoms with van der Waals surface area (Å²) in [4.78, 5) is 13.4. The maximum absolute atomic E-state index is 11.5. The molecular formula is C15H16ClN3O. The van der Waals surface area contributed by atoms with Gasteiger partial charge in [0, 0.05) is 24.3 Å². The minimum atomic E-state index is -0.476. The second-order valence-corrected chi connectivity index (χ2v) is 5.06. The van der Waals surface area contributed by atoms with Gasteiger partial charge < -0.3 is 16.4 Å². The molecule has 0 fully saturated rings. The molecule has 0 saturated heterocycles. The smallest absolute Gasteiger partial charge is 0.250 e. The van der Waals surface area contributed by atoms with Crippen LogP contribution < -0.4 is 16.4 Å². The van der Waals surface area contributed by atoms with Crippen molar-refractivity contribution in [3.63, 3.8) is 0 Å². The van der Waals surface area contributed by atoms with Crippen LogP contribution in [-0.4, -0.2) is 13.0 Å². The Bertz CT molecular complexity index is 643. The third kappa shape index (κ3) is 3.22. The third-order valence-electron chi connectivity index (χ3n) is 3.01. The SMILES string of the molecule is CN(Cc1cccc(N)c1)c1cc(Cl)ccc1C(N)=O. The van der Waals surface area contributed by atoms with Gasteiger partial charge in [-0.05, 0) is 35.9 Å². The molecule has 4 N–H and O–H groups in total. The van der Waals surface area contributed by atoms with Gasteiger partial charge in [0.2, 0.25) is 0 Å². The van der Waals surface area contributed by atoms with Crippen LogP contribution in [0.2, 0.25) is 5.02 Å². The molecule has 20 heavy (non-hydrogen) atoms. The standard InChI is InChI=1S/C15H16ClN3O/c1-19(9-10-3-2-4-12(17)7-10)14-8-11(16)5-6-13(14)15(18)20/h2-8H,9,17H2,1H3,(H2,18,20). The molecule has 2 aromatic rings. The summed E-state index contributed by atoms with van der Waals surface area (Å²) >= 11 is 6.00. The summed E-state index contributed by atoms with van der Waals surface area (Å²) in [5.41, 5.74) is 14.0. The van der Waals surface area contributed by atoms with Gasteiger partial charge in [-0.1, -0.05) is 23.7 Å². The largest absolute Gasteiger partial charge is 0.399 e. The number of nitrogen functional groups attached to an aromatic ring is 1. The molecule has 2 aromatic carbocycles. The highest BCUT2D eigenvalue weighted by atomic mass is 35.5. The van der Waals surface area contributed by atoms with Gasteiger partial charge in [0.15, 0.2) is 0 Å². The molecule has 0 aliphatic carbocycles. The van der Waals surface area contributed by atoms with Crippen LogP contribution in [0.4, 0.5) is 11.4 Å². The normalized spacial score (nSPS) is 10.3. The van der Waals surface area contributed by atoms with Gasteiger partial charge in [-0.15, -0.1) is 0 Å². The number of amides is 1. The quantitative estimate of drug-likeness (QED) is 0.850. The van der Waals surface area contributed by atoms with E-state index in [2.05, 4.69) is 0 Å². The van der Waals surface area contributed by atoms with Gasteiger partial charge >= 0.3 is 0 Å². The number of carbonyl (C=O) groups excluding carboxylic acids is 1. The van der Waals surface area contributed by atoms with Crippen LogP contribution in [-0.2, 0) is 6.54 Å². The van der Waals surface area contributed by atoms with E-state index >= 15 is 0 Å². The first kappa shape index (κ1) is 14.2. The van der Waals surface area contributed by atoms with E-state index in [1.54, 1.807) is 18.2 Å². The zero-order valence-electron chi connectivity index (χ0n) is 11.1. The molecule has 0 spiro atoms. The number of carbonyl (C=O) groups is 1. The predicted octanol–water partition coefficient (Wildman–Crippen LogP) is 2.66. The number of hydrogen-bond acceptors (Lipinski definition) is 3. The van der Waals surface area contributed by atoms with Gasteiger partial charge in [-0.2, -0.15) is 0 Å². The van der Waals surface area contributed by atoms with Crippen molar-refractivity contribution < 1.29 is 4.79 Å². The van der Waals surface area contributed by atoms with Gasteiger partial charge in [0.1, 0.15) is 0 Å². The number of primary amides is 1. The molecule has 0 atom stereocenters. The molecule has 1 amide bonds. The Morgan fingerprint density at radius 1 is 1.25 bits per heavy atom. The number of halogens is 1. The number of nitrogens with zero attached hydrogens (tertiary/aromatic N) is 1. The van der Waals surface area contributed by atoms with Gasteiger partial charge in [-0.25, -0.2) is 0 Å². The molecule has 5 heteroatoms. The maximum Gasteiger partial charge on any atom is 0.250 e.